The number of aryl methyl sites for hydroxylation is 2. The summed E-state index contributed by atoms with van der Waals surface area (Å²) in [6, 6.07) is 6.82. The number of hydrogen-bond donors (Lipinski definition) is 4. The fourth-order valence-corrected chi connectivity index (χ4v) is 5.72. The van der Waals surface area contributed by atoms with Gasteiger partial charge in [0.1, 0.15) is 16.4 Å². The fourth-order valence-electron chi connectivity index (χ4n) is 4.43. The summed E-state index contributed by atoms with van der Waals surface area (Å²) >= 11 is 1.47. The van der Waals surface area contributed by atoms with Crippen molar-refractivity contribution in [2.45, 2.75) is 45.1 Å². The summed E-state index contributed by atoms with van der Waals surface area (Å²) in [5.41, 5.74) is 3.86. The molecule has 3 heterocycles. The Labute approximate surface area is 195 Å². The first-order chi connectivity index (χ1) is 16.0. The predicted molar refractivity (Wildman–Crippen MR) is 126 cm³/mol. The van der Waals surface area contributed by atoms with Gasteiger partial charge in [0.2, 0.25) is 0 Å². The topological polar surface area (TPSA) is 116 Å². The molecule has 0 spiro atoms. The molecule has 4 N–H and O–H groups in total. The number of aromatic nitrogens is 2. The van der Waals surface area contributed by atoms with Crippen LogP contribution in [0.15, 0.2) is 24.3 Å². The van der Waals surface area contributed by atoms with E-state index in [0.717, 1.165) is 54.7 Å². The SMILES string of the molecule is Cc1ccc(O)c(-c2cc(C(=O)Nc3sc4c(c3C(=O)NC[C@@H]3CCCO3)CCC4)[nH]n2)c1. The van der Waals surface area contributed by atoms with Gasteiger partial charge < -0.3 is 20.5 Å². The number of nitrogens with one attached hydrogen (secondary N) is 3. The number of ether oxygens (including phenoxy) is 1. The van der Waals surface area contributed by atoms with Crippen LogP contribution in [0.2, 0.25) is 0 Å². The molecule has 2 aliphatic rings. The van der Waals surface area contributed by atoms with Crippen LogP contribution in [-0.2, 0) is 17.6 Å². The third-order valence-corrected chi connectivity index (χ3v) is 7.35. The first-order valence-electron chi connectivity index (χ1n) is 11.2. The monoisotopic (exact) mass is 466 g/mol. The van der Waals surface area contributed by atoms with E-state index in [4.69, 9.17) is 4.74 Å². The van der Waals surface area contributed by atoms with E-state index in [1.807, 2.05) is 13.0 Å². The molecule has 9 heteroatoms. The standard InChI is InChI=1S/C24H26N4O4S/c1-13-7-8-19(29)16(10-13)17-11-18(28-27-17)22(30)26-24-21(15-5-2-6-20(15)33-24)23(31)25-12-14-4-3-9-32-14/h7-8,10-11,14,29H,2-6,9,12H2,1H3,(H,25,31)(H,26,30)(H,27,28)/t14-/m0/s1. The van der Waals surface area contributed by atoms with Crippen molar-refractivity contribution in [3.05, 3.63) is 51.5 Å². The number of aromatic amines is 1. The van der Waals surface area contributed by atoms with Gasteiger partial charge in [-0.05, 0) is 62.8 Å². The minimum atomic E-state index is -0.381. The number of H-pyrrole nitrogens is 1. The van der Waals surface area contributed by atoms with Gasteiger partial charge >= 0.3 is 0 Å². The number of amides is 2. The molecule has 1 aromatic carbocycles. The van der Waals surface area contributed by atoms with Crippen LogP contribution in [0.25, 0.3) is 11.3 Å². The molecule has 8 nitrogen and oxygen atoms in total. The summed E-state index contributed by atoms with van der Waals surface area (Å²) in [5, 5.41) is 23.6. The summed E-state index contributed by atoms with van der Waals surface area (Å²) < 4.78 is 5.61. The van der Waals surface area contributed by atoms with Gasteiger partial charge in [-0.15, -0.1) is 11.3 Å². The Morgan fingerprint density at radius 2 is 2.12 bits per heavy atom. The number of carbonyl (C=O) groups excluding carboxylic acids is 2. The molecule has 2 amide bonds. The smallest absolute Gasteiger partial charge is 0.274 e. The van der Waals surface area contributed by atoms with Crippen molar-refractivity contribution in [3.63, 3.8) is 0 Å². The number of fused-ring (bicyclic) bond motifs is 1. The lowest BCUT2D eigenvalue weighted by atomic mass is 10.1. The van der Waals surface area contributed by atoms with Gasteiger partial charge in [-0.1, -0.05) is 11.6 Å². The van der Waals surface area contributed by atoms with E-state index in [1.54, 1.807) is 18.2 Å². The van der Waals surface area contributed by atoms with E-state index in [9.17, 15) is 14.7 Å². The van der Waals surface area contributed by atoms with Crippen molar-refractivity contribution in [1.29, 1.82) is 0 Å². The molecule has 5 rings (SSSR count). The molecule has 1 fully saturated rings. The lowest BCUT2D eigenvalue weighted by Gasteiger charge is -2.12. The highest BCUT2D eigenvalue weighted by atomic mass is 32.1. The normalized spacial score (nSPS) is 17.2. The number of nitrogens with zero attached hydrogens (tertiary/aromatic N) is 1. The van der Waals surface area contributed by atoms with Crippen LogP contribution in [0.1, 0.15) is 56.1 Å². The molecule has 0 saturated carbocycles. The van der Waals surface area contributed by atoms with E-state index < -0.39 is 0 Å². The summed E-state index contributed by atoms with van der Waals surface area (Å²) in [6.45, 7) is 3.13. The number of rotatable bonds is 6. The number of aromatic hydroxyl groups is 1. The number of benzene rings is 1. The second-order valence-electron chi connectivity index (χ2n) is 8.55. The molecule has 1 aliphatic carbocycles. The average Bonchev–Trinajstić information content (AvgIpc) is 3.58. The van der Waals surface area contributed by atoms with E-state index in [0.29, 0.717) is 28.4 Å². The zero-order chi connectivity index (χ0) is 22.9. The second kappa shape index (κ2) is 8.99. The Morgan fingerprint density at radius 3 is 2.94 bits per heavy atom. The van der Waals surface area contributed by atoms with Gasteiger partial charge in [-0.2, -0.15) is 5.10 Å². The number of thiophene rings is 1. The minimum absolute atomic E-state index is 0.0557. The van der Waals surface area contributed by atoms with E-state index in [2.05, 4.69) is 20.8 Å². The zero-order valence-electron chi connectivity index (χ0n) is 18.4. The Morgan fingerprint density at radius 1 is 1.24 bits per heavy atom. The second-order valence-corrected chi connectivity index (χ2v) is 9.65. The molecule has 33 heavy (non-hydrogen) atoms. The van der Waals surface area contributed by atoms with Crippen LogP contribution >= 0.6 is 11.3 Å². The fraction of sp³-hybridized carbons (Fsp3) is 0.375. The predicted octanol–water partition coefficient (Wildman–Crippen LogP) is 3.80. The summed E-state index contributed by atoms with van der Waals surface area (Å²) in [4.78, 5) is 27.2. The molecule has 1 atom stereocenters. The number of anilines is 1. The van der Waals surface area contributed by atoms with Crippen molar-refractivity contribution in [3.8, 4) is 17.0 Å². The van der Waals surface area contributed by atoms with Gasteiger partial charge in [-0.25, -0.2) is 0 Å². The van der Waals surface area contributed by atoms with Crippen molar-refractivity contribution in [1.82, 2.24) is 15.5 Å². The highest BCUT2D eigenvalue weighted by Crippen LogP contribution is 2.39. The summed E-state index contributed by atoms with van der Waals surface area (Å²) in [7, 11) is 0. The third-order valence-electron chi connectivity index (χ3n) is 6.14. The molecule has 172 valence electrons. The lowest BCUT2D eigenvalue weighted by Crippen LogP contribution is -2.32. The summed E-state index contributed by atoms with van der Waals surface area (Å²) in [6.07, 6.45) is 4.80. The van der Waals surface area contributed by atoms with Gasteiger partial charge in [0.15, 0.2) is 0 Å². The molecular formula is C24H26N4O4S. The Hall–Kier alpha value is -3.17. The summed E-state index contributed by atoms with van der Waals surface area (Å²) in [5.74, 6) is -0.455. The lowest BCUT2D eigenvalue weighted by molar-refractivity contribution is 0.0858. The first-order valence-corrected chi connectivity index (χ1v) is 12.0. The Balaban J connectivity index is 1.35. The molecule has 3 aromatic rings. The number of carbonyl (C=O) groups is 2. The first kappa shape index (κ1) is 21.7. The van der Waals surface area contributed by atoms with E-state index >= 15 is 0 Å². The molecule has 0 unspecified atom stereocenters. The quantitative estimate of drug-likeness (QED) is 0.441. The van der Waals surface area contributed by atoms with Crippen LogP contribution < -0.4 is 10.6 Å². The van der Waals surface area contributed by atoms with Crippen molar-refractivity contribution in [2.24, 2.45) is 0 Å². The molecule has 0 bridgehead atoms. The van der Waals surface area contributed by atoms with Crippen LogP contribution in [0.3, 0.4) is 0 Å². The highest BCUT2D eigenvalue weighted by Gasteiger charge is 2.28. The highest BCUT2D eigenvalue weighted by molar-refractivity contribution is 7.17. The maximum atomic E-state index is 13.1. The minimum Gasteiger partial charge on any atom is -0.507 e. The van der Waals surface area contributed by atoms with Crippen molar-refractivity contribution < 1.29 is 19.4 Å². The van der Waals surface area contributed by atoms with Crippen molar-refractivity contribution >= 4 is 28.2 Å². The molecule has 1 aliphatic heterocycles. The van der Waals surface area contributed by atoms with E-state index in [1.165, 1.54) is 11.3 Å². The number of phenolic OH excluding ortho intramolecular Hbond substituents is 1. The van der Waals surface area contributed by atoms with Gasteiger partial charge in [0.25, 0.3) is 11.8 Å². The Kier molecular flexibility index (Phi) is 5.90. The van der Waals surface area contributed by atoms with E-state index in [-0.39, 0.29) is 29.4 Å². The van der Waals surface area contributed by atoms with Gasteiger partial charge in [-0.3, -0.25) is 14.7 Å². The number of phenols is 1. The van der Waals surface area contributed by atoms with Gasteiger partial charge in [0.05, 0.1) is 17.4 Å². The Bertz CT molecular complexity index is 1210. The third kappa shape index (κ3) is 4.38. The van der Waals surface area contributed by atoms with Crippen LogP contribution in [0, 0.1) is 6.92 Å². The van der Waals surface area contributed by atoms with Crippen LogP contribution in [0.4, 0.5) is 5.00 Å². The molecular weight excluding hydrogens is 440 g/mol. The van der Waals surface area contributed by atoms with Crippen LogP contribution in [-0.4, -0.2) is 46.4 Å². The van der Waals surface area contributed by atoms with Crippen LogP contribution in [0.5, 0.6) is 5.75 Å². The molecule has 2 aromatic heterocycles. The maximum Gasteiger partial charge on any atom is 0.274 e. The molecule has 0 radical (unpaired) electrons. The average molecular weight is 467 g/mol. The number of hydrogen-bond acceptors (Lipinski definition) is 6. The molecule has 1 saturated heterocycles. The van der Waals surface area contributed by atoms with Crippen molar-refractivity contribution in [2.75, 3.05) is 18.5 Å². The largest absolute Gasteiger partial charge is 0.507 e. The zero-order valence-corrected chi connectivity index (χ0v) is 19.2. The maximum absolute atomic E-state index is 13.1. The van der Waals surface area contributed by atoms with Gasteiger partial charge in [0, 0.05) is 23.6 Å².